The Morgan fingerprint density at radius 1 is 0.969 bits per heavy atom. The van der Waals surface area contributed by atoms with Crippen molar-refractivity contribution in [2.75, 3.05) is 13.7 Å². The van der Waals surface area contributed by atoms with Gasteiger partial charge in [0.05, 0.1) is 12.5 Å². The first-order valence-electron chi connectivity index (χ1n) is 10.3. The fourth-order valence-electron chi connectivity index (χ4n) is 3.21. The van der Waals surface area contributed by atoms with Crippen LogP contribution >= 0.6 is 0 Å². The van der Waals surface area contributed by atoms with Crippen molar-refractivity contribution in [3.05, 3.63) is 75.0 Å². The summed E-state index contributed by atoms with van der Waals surface area (Å²) in [5.41, 5.74) is 0.0954. The maximum Gasteiger partial charge on any atom is 0.422 e. The summed E-state index contributed by atoms with van der Waals surface area (Å²) in [5, 5.41) is 3.01. The van der Waals surface area contributed by atoms with Crippen LogP contribution in [0.1, 0.15) is 36.0 Å². The third-order valence-electron chi connectivity index (χ3n) is 4.85. The number of amides is 1. The van der Waals surface area contributed by atoms with Crippen LogP contribution in [-0.2, 0) is 11.3 Å². The number of aromatic nitrogens is 1. The van der Waals surface area contributed by atoms with Crippen molar-refractivity contribution in [3.63, 3.8) is 0 Å². The Morgan fingerprint density at radius 2 is 1.69 bits per heavy atom. The number of rotatable bonds is 9. The molecule has 32 heavy (non-hydrogen) atoms. The molecule has 0 spiro atoms. The van der Waals surface area contributed by atoms with Gasteiger partial charge in [0.25, 0.3) is 5.56 Å². The number of benzene rings is 2. The van der Waals surface area contributed by atoms with Crippen LogP contribution in [0.3, 0.4) is 0 Å². The first-order valence-corrected chi connectivity index (χ1v) is 10.3. The number of carbonyl (C=O) groups excluding carboxylic acids is 2. The number of hydrogen-bond acceptors (Lipinski definition) is 7. The molecule has 1 amide bonds. The highest BCUT2D eigenvalue weighted by atomic mass is 16.6. The summed E-state index contributed by atoms with van der Waals surface area (Å²) < 4.78 is 16.1. The molecule has 0 atom stereocenters. The topological polar surface area (TPSA) is 117 Å². The van der Waals surface area contributed by atoms with Crippen LogP contribution < -0.4 is 21.4 Å². The molecule has 3 rings (SSSR count). The van der Waals surface area contributed by atoms with Crippen LogP contribution in [0.25, 0.3) is 11.0 Å². The van der Waals surface area contributed by atoms with E-state index in [2.05, 4.69) is 10.1 Å². The number of nitrogens with one attached hydrogen (secondary N) is 1. The number of unbranched alkanes of at least 4 members (excludes halogenated alkanes) is 3. The van der Waals surface area contributed by atoms with E-state index >= 15 is 0 Å². The fraction of sp³-hybridized carbons (Fsp3) is 0.304. The van der Waals surface area contributed by atoms with Gasteiger partial charge in [0.15, 0.2) is 0 Å². The average molecular weight is 440 g/mol. The maximum absolute atomic E-state index is 12.4. The molecule has 0 fully saturated rings. The third-order valence-corrected chi connectivity index (χ3v) is 4.85. The second-order valence-corrected chi connectivity index (χ2v) is 7.04. The largest absolute Gasteiger partial charge is 0.465 e. The van der Waals surface area contributed by atoms with Crippen LogP contribution in [0.5, 0.6) is 5.75 Å². The van der Waals surface area contributed by atoms with Crippen molar-refractivity contribution >= 4 is 23.0 Å². The molecule has 1 heterocycles. The zero-order valence-electron chi connectivity index (χ0n) is 17.7. The van der Waals surface area contributed by atoms with Gasteiger partial charge < -0.3 is 19.2 Å². The van der Waals surface area contributed by atoms with Gasteiger partial charge in [-0.15, -0.1) is 0 Å². The average Bonchev–Trinajstić information content (AvgIpc) is 2.80. The van der Waals surface area contributed by atoms with E-state index < -0.39 is 17.8 Å². The first-order chi connectivity index (χ1) is 15.5. The molecule has 168 valence electrons. The number of fused-ring (bicyclic) bond motifs is 1. The van der Waals surface area contributed by atoms with Gasteiger partial charge >= 0.3 is 17.8 Å². The lowest BCUT2D eigenvalue weighted by molar-refractivity contribution is 0.0598. The second kappa shape index (κ2) is 10.9. The zero-order valence-corrected chi connectivity index (χ0v) is 17.7. The molecule has 0 aliphatic carbocycles. The number of ether oxygens (including phenoxy) is 2. The summed E-state index contributed by atoms with van der Waals surface area (Å²) in [6.07, 6.45) is 2.20. The van der Waals surface area contributed by atoms with Gasteiger partial charge in [0.1, 0.15) is 16.9 Å². The molecule has 0 radical (unpaired) electrons. The van der Waals surface area contributed by atoms with E-state index in [4.69, 9.17) is 9.15 Å². The molecule has 9 heteroatoms. The molecule has 0 saturated heterocycles. The molecule has 0 aliphatic heterocycles. The van der Waals surface area contributed by atoms with Crippen LogP contribution in [0.2, 0.25) is 0 Å². The van der Waals surface area contributed by atoms with Crippen molar-refractivity contribution in [2.24, 2.45) is 0 Å². The lowest BCUT2D eigenvalue weighted by Crippen LogP contribution is -2.32. The smallest absolute Gasteiger partial charge is 0.422 e. The van der Waals surface area contributed by atoms with Crippen molar-refractivity contribution in [1.29, 1.82) is 0 Å². The summed E-state index contributed by atoms with van der Waals surface area (Å²) in [5.74, 6) is -1.13. The molecular formula is C23H24N2O7. The molecule has 0 saturated carbocycles. The number of hydrogen-bond donors (Lipinski definition) is 1. The number of nitrogens with zero attached hydrogens (tertiary/aromatic N) is 1. The normalized spacial score (nSPS) is 10.7. The molecule has 9 nitrogen and oxygen atoms in total. The Morgan fingerprint density at radius 3 is 2.50 bits per heavy atom. The van der Waals surface area contributed by atoms with Crippen molar-refractivity contribution in [3.8, 4) is 5.75 Å². The molecule has 0 unspecified atom stereocenters. The van der Waals surface area contributed by atoms with Gasteiger partial charge in [-0.25, -0.2) is 19.0 Å². The van der Waals surface area contributed by atoms with E-state index in [1.807, 2.05) is 0 Å². The van der Waals surface area contributed by atoms with E-state index in [1.165, 1.54) is 19.2 Å². The van der Waals surface area contributed by atoms with E-state index in [0.29, 0.717) is 24.8 Å². The summed E-state index contributed by atoms with van der Waals surface area (Å²) in [6, 6.07) is 13.0. The van der Waals surface area contributed by atoms with E-state index in [-0.39, 0.29) is 29.0 Å². The molecule has 1 N–H and O–H groups in total. The molecule has 0 aliphatic rings. The minimum absolute atomic E-state index is 0.122. The first kappa shape index (κ1) is 22.8. The van der Waals surface area contributed by atoms with Gasteiger partial charge in [-0.1, -0.05) is 37.1 Å². The van der Waals surface area contributed by atoms with Gasteiger partial charge in [-0.2, -0.15) is 0 Å². The van der Waals surface area contributed by atoms with Crippen LogP contribution in [0, 0.1) is 0 Å². The Balaban J connectivity index is 1.40. The van der Waals surface area contributed by atoms with Gasteiger partial charge in [-0.05, 0) is 37.1 Å². The SMILES string of the molecule is COC(=O)c1ccccc1OC(=O)NCCCCCCn1c(=O)oc2ccccc2c1=O. The van der Waals surface area contributed by atoms with Gasteiger partial charge in [-0.3, -0.25) is 4.79 Å². The van der Waals surface area contributed by atoms with Crippen LogP contribution in [0.4, 0.5) is 4.79 Å². The third kappa shape index (κ3) is 5.63. The highest BCUT2D eigenvalue weighted by Crippen LogP contribution is 2.18. The van der Waals surface area contributed by atoms with E-state index in [0.717, 1.165) is 17.4 Å². The highest BCUT2D eigenvalue weighted by Gasteiger charge is 2.15. The van der Waals surface area contributed by atoms with Crippen molar-refractivity contribution in [1.82, 2.24) is 9.88 Å². The molecule has 1 aromatic heterocycles. The standard InChI is InChI=1S/C23H24N2O7/c1-30-21(27)17-11-5-7-13-19(17)31-22(28)24-14-8-2-3-9-15-25-20(26)16-10-4-6-12-18(16)32-23(25)29/h4-7,10-13H,2-3,8-9,14-15H2,1H3,(H,24,28). The predicted octanol–water partition coefficient (Wildman–Crippen LogP) is 3.09. The quantitative estimate of drug-likeness (QED) is 0.401. The number of carbonyl (C=O) groups is 2. The summed E-state index contributed by atoms with van der Waals surface area (Å²) in [6.45, 7) is 0.656. The Labute approximate surface area is 183 Å². The van der Waals surface area contributed by atoms with Crippen LogP contribution in [0.15, 0.2) is 62.5 Å². The minimum Gasteiger partial charge on any atom is -0.465 e. The Hall–Kier alpha value is -3.88. The zero-order chi connectivity index (χ0) is 22.9. The van der Waals surface area contributed by atoms with Gasteiger partial charge in [0, 0.05) is 13.1 Å². The molecular weight excluding hydrogens is 416 g/mol. The molecule has 3 aromatic rings. The lowest BCUT2D eigenvalue weighted by Gasteiger charge is -2.09. The number of esters is 1. The Kier molecular flexibility index (Phi) is 7.80. The van der Waals surface area contributed by atoms with Crippen molar-refractivity contribution < 1.29 is 23.5 Å². The number of methoxy groups -OCH3 is 1. The minimum atomic E-state index is -0.665. The molecule has 2 aromatic carbocycles. The number of para-hydroxylation sites is 2. The maximum atomic E-state index is 12.4. The van der Waals surface area contributed by atoms with Crippen LogP contribution in [-0.4, -0.2) is 30.3 Å². The molecule has 0 bridgehead atoms. The highest BCUT2D eigenvalue weighted by molar-refractivity contribution is 5.93. The predicted molar refractivity (Wildman–Crippen MR) is 117 cm³/mol. The Bertz CT molecular complexity index is 1210. The summed E-state index contributed by atoms with van der Waals surface area (Å²) in [4.78, 5) is 48.1. The van der Waals surface area contributed by atoms with E-state index in [1.54, 1.807) is 36.4 Å². The van der Waals surface area contributed by atoms with E-state index in [9.17, 15) is 19.2 Å². The fourth-order valence-corrected chi connectivity index (χ4v) is 3.21. The summed E-state index contributed by atoms with van der Waals surface area (Å²) >= 11 is 0. The lowest BCUT2D eigenvalue weighted by atomic mass is 10.2. The second-order valence-electron chi connectivity index (χ2n) is 7.04. The van der Waals surface area contributed by atoms with Gasteiger partial charge in [0.2, 0.25) is 0 Å². The monoisotopic (exact) mass is 440 g/mol. The van der Waals surface area contributed by atoms with Crippen molar-refractivity contribution in [2.45, 2.75) is 32.2 Å². The summed E-state index contributed by atoms with van der Waals surface area (Å²) in [7, 11) is 1.25.